The molecule has 1 unspecified atom stereocenters. The van der Waals surface area contributed by atoms with Crippen molar-refractivity contribution >= 4 is 27.0 Å². The summed E-state index contributed by atoms with van der Waals surface area (Å²) < 4.78 is 31.3. The lowest BCUT2D eigenvalue weighted by molar-refractivity contribution is 0.442. The van der Waals surface area contributed by atoms with Gasteiger partial charge in [0, 0.05) is 24.5 Å². The van der Waals surface area contributed by atoms with Crippen molar-refractivity contribution < 1.29 is 12.8 Å². The molecule has 2 aromatic rings. The molecule has 0 amide bonds. The standard InChI is InChI=1S/C17H26N4O3S/c1-12(15-10-13-8-6-7-9-14(13)24-15)20-16(18-4)19-11-17(2,3)21-25(5,22)23/h6-10,12,21H,11H2,1-5H3,(H2,18,19,20). The van der Waals surface area contributed by atoms with Crippen molar-refractivity contribution in [1.82, 2.24) is 15.4 Å². The molecule has 7 nitrogen and oxygen atoms in total. The largest absolute Gasteiger partial charge is 0.459 e. The van der Waals surface area contributed by atoms with E-state index in [1.807, 2.05) is 37.3 Å². The van der Waals surface area contributed by atoms with E-state index in [2.05, 4.69) is 20.3 Å². The van der Waals surface area contributed by atoms with Crippen LogP contribution in [0.5, 0.6) is 0 Å². The van der Waals surface area contributed by atoms with E-state index < -0.39 is 15.6 Å². The molecule has 0 saturated carbocycles. The molecule has 8 heteroatoms. The molecule has 0 spiro atoms. The first-order valence-electron chi connectivity index (χ1n) is 8.04. The number of guanidine groups is 1. The molecule has 138 valence electrons. The van der Waals surface area contributed by atoms with Gasteiger partial charge in [0.1, 0.15) is 11.3 Å². The Morgan fingerprint density at radius 2 is 2.00 bits per heavy atom. The summed E-state index contributed by atoms with van der Waals surface area (Å²) in [6.45, 7) is 5.96. The minimum atomic E-state index is -3.28. The lowest BCUT2D eigenvalue weighted by Crippen LogP contribution is -2.53. The Morgan fingerprint density at radius 1 is 1.32 bits per heavy atom. The van der Waals surface area contributed by atoms with E-state index >= 15 is 0 Å². The molecule has 0 saturated heterocycles. The SMILES string of the molecule is CN=C(NCC(C)(C)NS(C)(=O)=O)NC(C)c1cc2ccccc2o1. The highest BCUT2D eigenvalue weighted by molar-refractivity contribution is 7.88. The molecular formula is C17H26N4O3S. The fourth-order valence-electron chi connectivity index (χ4n) is 2.53. The summed E-state index contributed by atoms with van der Waals surface area (Å²) in [5.74, 6) is 1.37. The van der Waals surface area contributed by atoms with Crippen LogP contribution >= 0.6 is 0 Å². The summed E-state index contributed by atoms with van der Waals surface area (Å²) in [4.78, 5) is 4.18. The molecule has 0 bridgehead atoms. The molecule has 1 atom stereocenters. The Morgan fingerprint density at radius 3 is 2.60 bits per heavy atom. The lowest BCUT2D eigenvalue weighted by Gasteiger charge is -2.27. The molecule has 25 heavy (non-hydrogen) atoms. The third-order valence-corrected chi connectivity index (χ3v) is 4.53. The maximum absolute atomic E-state index is 11.4. The minimum absolute atomic E-state index is 0.0930. The van der Waals surface area contributed by atoms with Crippen LogP contribution in [0.25, 0.3) is 11.0 Å². The average Bonchev–Trinajstić information content (AvgIpc) is 2.93. The van der Waals surface area contributed by atoms with E-state index in [0.717, 1.165) is 23.0 Å². The quantitative estimate of drug-likeness (QED) is 0.537. The number of aliphatic imine (C=N–C) groups is 1. The van der Waals surface area contributed by atoms with Crippen LogP contribution in [-0.4, -0.2) is 39.8 Å². The van der Waals surface area contributed by atoms with Gasteiger partial charge in [0.05, 0.1) is 12.3 Å². The molecule has 1 heterocycles. The summed E-state index contributed by atoms with van der Waals surface area (Å²) in [6, 6.07) is 9.74. The van der Waals surface area contributed by atoms with Crippen LogP contribution in [0.4, 0.5) is 0 Å². The summed E-state index contributed by atoms with van der Waals surface area (Å²) in [5, 5.41) is 7.43. The smallest absolute Gasteiger partial charge is 0.209 e. The zero-order valence-corrected chi connectivity index (χ0v) is 16.1. The number of hydrogen-bond donors (Lipinski definition) is 3. The molecule has 2 rings (SSSR count). The zero-order chi connectivity index (χ0) is 18.7. The first kappa shape index (κ1) is 19.3. The van der Waals surface area contributed by atoms with Crippen LogP contribution in [0.3, 0.4) is 0 Å². The van der Waals surface area contributed by atoms with E-state index in [-0.39, 0.29) is 6.04 Å². The van der Waals surface area contributed by atoms with E-state index in [1.54, 1.807) is 20.9 Å². The summed E-state index contributed by atoms with van der Waals surface area (Å²) in [5.41, 5.74) is 0.195. The number of nitrogens with zero attached hydrogens (tertiary/aromatic N) is 1. The van der Waals surface area contributed by atoms with Crippen molar-refractivity contribution in [3.05, 3.63) is 36.1 Å². The van der Waals surface area contributed by atoms with E-state index in [0.29, 0.717) is 12.5 Å². The van der Waals surface area contributed by atoms with Gasteiger partial charge in [0.25, 0.3) is 0 Å². The molecule has 1 aromatic carbocycles. The van der Waals surface area contributed by atoms with Crippen molar-refractivity contribution in [2.45, 2.75) is 32.4 Å². The van der Waals surface area contributed by atoms with Gasteiger partial charge in [-0.3, -0.25) is 4.99 Å². The van der Waals surface area contributed by atoms with Crippen LogP contribution in [0.1, 0.15) is 32.6 Å². The van der Waals surface area contributed by atoms with Crippen molar-refractivity contribution in [2.24, 2.45) is 4.99 Å². The molecule has 3 N–H and O–H groups in total. The van der Waals surface area contributed by atoms with E-state index in [9.17, 15) is 8.42 Å². The van der Waals surface area contributed by atoms with Crippen molar-refractivity contribution in [2.75, 3.05) is 19.8 Å². The number of furan rings is 1. The van der Waals surface area contributed by atoms with Gasteiger partial charge in [0.15, 0.2) is 5.96 Å². The molecule has 0 aliphatic rings. The van der Waals surface area contributed by atoms with Crippen LogP contribution < -0.4 is 15.4 Å². The van der Waals surface area contributed by atoms with Crippen LogP contribution in [0.2, 0.25) is 0 Å². The molecule has 0 aliphatic heterocycles. The highest BCUT2D eigenvalue weighted by atomic mass is 32.2. The number of hydrogen-bond acceptors (Lipinski definition) is 4. The first-order valence-corrected chi connectivity index (χ1v) is 9.93. The second-order valence-electron chi connectivity index (χ2n) is 6.74. The Hall–Kier alpha value is -2.06. The predicted molar refractivity (Wildman–Crippen MR) is 101 cm³/mol. The highest BCUT2D eigenvalue weighted by Gasteiger charge is 2.23. The first-order chi connectivity index (χ1) is 11.6. The number of sulfonamides is 1. The fourth-order valence-corrected chi connectivity index (χ4v) is 3.61. The second-order valence-corrected chi connectivity index (χ2v) is 8.48. The summed E-state index contributed by atoms with van der Waals surface area (Å²) in [6.07, 6.45) is 1.14. The van der Waals surface area contributed by atoms with Crippen LogP contribution in [0.15, 0.2) is 39.7 Å². The topological polar surface area (TPSA) is 95.7 Å². The number of benzene rings is 1. The molecular weight excluding hydrogens is 340 g/mol. The fraction of sp³-hybridized carbons (Fsp3) is 0.471. The summed E-state index contributed by atoms with van der Waals surface area (Å²) >= 11 is 0. The molecule has 0 radical (unpaired) electrons. The molecule has 0 aliphatic carbocycles. The van der Waals surface area contributed by atoms with Crippen molar-refractivity contribution in [3.63, 3.8) is 0 Å². The van der Waals surface area contributed by atoms with Gasteiger partial charge in [-0.05, 0) is 32.9 Å². The molecule has 0 fully saturated rings. The van der Waals surface area contributed by atoms with Gasteiger partial charge in [0.2, 0.25) is 10.0 Å². The lowest BCUT2D eigenvalue weighted by atomic mass is 10.1. The monoisotopic (exact) mass is 366 g/mol. The van der Waals surface area contributed by atoms with Crippen LogP contribution in [0, 0.1) is 0 Å². The van der Waals surface area contributed by atoms with Gasteiger partial charge in [-0.2, -0.15) is 0 Å². The number of fused-ring (bicyclic) bond motifs is 1. The third-order valence-electron chi connectivity index (χ3n) is 3.61. The Kier molecular flexibility index (Phi) is 5.74. The highest BCUT2D eigenvalue weighted by Crippen LogP contribution is 2.23. The van der Waals surface area contributed by atoms with Gasteiger partial charge < -0.3 is 15.1 Å². The summed E-state index contributed by atoms with van der Waals surface area (Å²) in [7, 11) is -1.62. The van der Waals surface area contributed by atoms with Crippen molar-refractivity contribution in [1.29, 1.82) is 0 Å². The zero-order valence-electron chi connectivity index (χ0n) is 15.3. The Balaban J connectivity index is 1.99. The normalized spacial score (nSPS) is 14.5. The Labute approximate surface area is 148 Å². The Bertz CT molecular complexity index is 823. The number of rotatable bonds is 6. The van der Waals surface area contributed by atoms with Gasteiger partial charge in [-0.25, -0.2) is 13.1 Å². The van der Waals surface area contributed by atoms with Crippen LogP contribution in [-0.2, 0) is 10.0 Å². The second kappa shape index (κ2) is 7.45. The number of nitrogens with one attached hydrogen (secondary N) is 3. The predicted octanol–water partition coefficient (Wildman–Crippen LogP) is 1.99. The average molecular weight is 366 g/mol. The maximum Gasteiger partial charge on any atom is 0.209 e. The maximum atomic E-state index is 11.4. The van der Waals surface area contributed by atoms with E-state index in [4.69, 9.17) is 4.42 Å². The van der Waals surface area contributed by atoms with Gasteiger partial charge >= 0.3 is 0 Å². The van der Waals surface area contributed by atoms with Crippen molar-refractivity contribution in [3.8, 4) is 0 Å². The minimum Gasteiger partial charge on any atom is -0.459 e. The van der Waals surface area contributed by atoms with Gasteiger partial charge in [-0.1, -0.05) is 18.2 Å². The van der Waals surface area contributed by atoms with Gasteiger partial charge in [-0.15, -0.1) is 0 Å². The molecule has 1 aromatic heterocycles. The van der Waals surface area contributed by atoms with E-state index in [1.165, 1.54) is 0 Å². The number of para-hydroxylation sites is 1. The third kappa shape index (κ3) is 5.75.